The second kappa shape index (κ2) is 5.25. The predicted octanol–water partition coefficient (Wildman–Crippen LogP) is 3.20. The van der Waals surface area contributed by atoms with Crippen molar-refractivity contribution in [3.05, 3.63) is 22.4 Å². The third-order valence-corrected chi connectivity index (χ3v) is 3.91. The van der Waals surface area contributed by atoms with Gasteiger partial charge in [-0.2, -0.15) is 0 Å². The molecular formula is C13H21BrN2O. The highest BCUT2D eigenvalue weighted by atomic mass is 79.9. The van der Waals surface area contributed by atoms with Crippen LogP contribution in [0.2, 0.25) is 0 Å². The van der Waals surface area contributed by atoms with Crippen LogP contribution in [0.5, 0.6) is 0 Å². The van der Waals surface area contributed by atoms with Crippen LogP contribution in [0.4, 0.5) is 0 Å². The van der Waals surface area contributed by atoms with Gasteiger partial charge in [-0.25, -0.2) is 0 Å². The third kappa shape index (κ3) is 3.60. The molecule has 0 aliphatic rings. The summed E-state index contributed by atoms with van der Waals surface area (Å²) in [5.41, 5.74) is 0.786. The molecule has 1 rings (SSSR count). The van der Waals surface area contributed by atoms with Crippen LogP contribution in [0.3, 0.4) is 0 Å². The Hall–Kier alpha value is -0.770. The number of carbonyl (C=O) groups excluding carboxylic acids is 1. The lowest BCUT2D eigenvalue weighted by molar-refractivity contribution is 0.0916. The van der Waals surface area contributed by atoms with Gasteiger partial charge in [-0.15, -0.1) is 0 Å². The average molecular weight is 301 g/mol. The summed E-state index contributed by atoms with van der Waals surface area (Å²) in [7, 11) is 1.87. The van der Waals surface area contributed by atoms with Crippen molar-refractivity contribution in [1.82, 2.24) is 9.88 Å². The van der Waals surface area contributed by atoms with Gasteiger partial charge in [0.15, 0.2) is 0 Å². The minimum atomic E-state index is -0.0214. The predicted molar refractivity (Wildman–Crippen MR) is 74.1 cm³/mol. The largest absolute Gasteiger partial charge is 0.350 e. The van der Waals surface area contributed by atoms with E-state index in [1.165, 1.54) is 0 Å². The van der Waals surface area contributed by atoms with Gasteiger partial charge in [0.2, 0.25) is 0 Å². The second-order valence-corrected chi connectivity index (χ2v) is 6.40. The van der Waals surface area contributed by atoms with Crippen molar-refractivity contribution in [3.63, 3.8) is 0 Å². The lowest BCUT2D eigenvalue weighted by Gasteiger charge is -2.29. The smallest absolute Gasteiger partial charge is 0.267 e. The lowest BCUT2D eigenvalue weighted by atomic mass is 9.81. The molecule has 0 radical (unpaired) electrons. The van der Waals surface area contributed by atoms with Gasteiger partial charge in [0.05, 0.1) is 0 Å². The Bertz CT molecular complexity index is 408. The van der Waals surface area contributed by atoms with Crippen molar-refractivity contribution in [3.8, 4) is 0 Å². The molecule has 0 unspecified atom stereocenters. The zero-order valence-corrected chi connectivity index (χ0v) is 12.8. The molecule has 3 nitrogen and oxygen atoms in total. The summed E-state index contributed by atoms with van der Waals surface area (Å²) in [6.45, 7) is 9.36. The van der Waals surface area contributed by atoms with E-state index in [9.17, 15) is 4.79 Å². The van der Waals surface area contributed by atoms with E-state index in [4.69, 9.17) is 0 Å². The van der Waals surface area contributed by atoms with Crippen molar-refractivity contribution in [2.24, 2.45) is 18.4 Å². The van der Waals surface area contributed by atoms with Gasteiger partial charge < -0.3 is 9.88 Å². The Morgan fingerprint density at radius 3 is 2.53 bits per heavy atom. The van der Waals surface area contributed by atoms with Crippen LogP contribution in [-0.4, -0.2) is 17.0 Å². The van der Waals surface area contributed by atoms with Gasteiger partial charge in [0.1, 0.15) is 5.69 Å². The monoisotopic (exact) mass is 300 g/mol. The molecule has 1 aromatic heterocycles. The molecule has 0 spiro atoms. The van der Waals surface area contributed by atoms with Crippen LogP contribution >= 0.6 is 15.9 Å². The number of carbonyl (C=O) groups is 1. The molecule has 0 aliphatic carbocycles. The second-order valence-electron chi connectivity index (χ2n) is 5.48. The normalized spacial score (nSPS) is 11.9. The molecular weight excluding hydrogens is 280 g/mol. The molecule has 4 heteroatoms. The summed E-state index contributed by atoms with van der Waals surface area (Å²) in [5, 5.41) is 2.99. The van der Waals surface area contributed by atoms with E-state index in [0.29, 0.717) is 18.2 Å². The molecule has 0 bridgehead atoms. The lowest BCUT2D eigenvalue weighted by Crippen LogP contribution is -2.37. The number of halogens is 1. The quantitative estimate of drug-likeness (QED) is 0.910. The van der Waals surface area contributed by atoms with Crippen molar-refractivity contribution >= 4 is 21.8 Å². The number of nitrogens with zero attached hydrogens (tertiary/aromatic N) is 1. The molecule has 0 fully saturated rings. The number of hydrogen-bond donors (Lipinski definition) is 1. The Kier molecular flexibility index (Phi) is 4.42. The number of aromatic nitrogens is 1. The molecule has 1 amide bonds. The fourth-order valence-corrected chi connectivity index (χ4v) is 1.88. The van der Waals surface area contributed by atoms with E-state index in [2.05, 4.69) is 48.9 Å². The van der Waals surface area contributed by atoms with Crippen LogP contribution in [0.1, 0.15) is 38.2 Å². The Balaban J connectivity index is 2.65. The fraction of sp³-hybridized carbons (Fsp3) is 0.615. The first-order valence-corrected chi connectivity index (χ1v) is 6.63. The summed E-state index contributed by atoms with van der Waals surface area (Å²) in [6, 6.07) is 1.83. The zero-order chi connectivity index (χ0) is 13.2. The molecule has 0 aliphatic heterocycles. The molecule has 1 heterocycles. The maximum atomic E-state index is 12.0. The maximum Gasteiger partial charge on any atom is 0.267 e. The van der Waals surface area contributed by atoms with E-state index in [1.54, 1.807) is 0 Å². The highest BCUT2D eigenvalue weighted by Gasteiger charge is 2.23. The Labute approximate surface area is 112 Å². The molecule has 0 saturated heterocycles. The van der Waals surface area contributed by atoms with Gasteiger partial charge in [-0.3, -0.25) is 4.79 Å². The van der Waals surface area contributed by atoms with Gasteiger partial charge >= 0.3 is 0 Å². The van der Waals surface area contributed by atoms with Crippen molar-refractivity contribution < 1.29 is 4.79 Å². The topological polar surface area (TPSA) is 34.0 Å². The average Bonchev–Trinajstić information content (AvgIpc) is 2.54. The molecule has 96 valence electrons. The van der Waals surface area contributed by atoms with Gasteiger partial charge in [0.25, 0.3) is 5.91 Å². The molecule has 1 aromatic rings. The van der Waals surface area contributed by atoms with E-state index in [1.807, 2.05) is 23.9 Å². The fourth-order valence-electron chi connectivity index (χ4n) is 1.35. The number of rotatable bonds is 4. The maximum absolute atomic E-state index is 12.0. The summed E-state index contributed by atoms with van der Waals surface area (Å²) in [6.07, 6.45) is 1.88. The molecule has 17 heavy (non-hydrogen) atoms. The van der Waals surface area contributed by atoms with Crippen LogP contribution in [0.15, 0.2) is 16.7 Å². The number of amides is 1. The summed E-state index contributed by atoms with van der Waals surface area (Å²) < 4.78 is 2.75. The molecule has 1 N–H and O–H groups in total. The summed E-state index contributed by atoms with van der Waals surface area (Å²) >= 11 is 3.36. The van der Waals surface area contributed by atoms with E-state index in [-0.39, 0.29) is 11.3 Å². The Morgan fingerprint density at radius 2 is 2.12 bits per heavy atom. The Morgan fingerprint density at radius 1 is 1.53 bits per heavy atom. The van der Waals surface area contributed by atoms with Crippen LogP contribution in [-0.2, 0) is 7.05 Å². The highest BCUT2D eigenvalue weighted by Crippen LogP contribution is 2.24. The van der Waals surface area contributed by atoms with E-state index >= 15 is 0 Å². The van der Waals surface area contributed by atoms with E-state index in [0.717, 1.165) is 4.47 Å². The number of nitrogens with one attached hydrogen (secondary N) is 1. The minimum Gasteiger partial charge on any atom is -0.350 e. The van der Waals surface area contributed by atoms with Crippen LogP contribution in [0.25, 0.3) is 0 Å². The highest BCUT2D eigenvalue weighted by molar-refractivity contribution is 9.10. The standard InChI is InChI=1S/C13H21BrN2O/c1-9(2)13(3,4)8-15-12(17)11-6-10(14)7-16(11)5/h6-7,9H,8H2,1-5H3,(H,15,17). The van der Waals surface area contributed by atoms with Gasteiger partial charge in [0, 0.05) is 24.3 Å². The van der Waals surface area contributed by atoms with Gasteiger partial charge in [-0.1, -0.05) is 27.7 Å². The first-order valence-electron chi connectivity index (χ1n) is 5.84. The van der Waals surface area contributed by atoms with Crippen molar-refractivity contribution in [2.75, 3.05) is 6.54 Å². The summed E-state index contributed by atoms with van der Waals surface area (Å²) in [4.78, 5) is 12.0. The van der Waals surface area contributed by atoms with Gasteiger partial charge in [-0.05, 0) is 33.3 Å². The summed E-state index contributed by atoms with van der Waals surface area (Å²) in [5.74, 6) is 0.509. The SMILES string of the molecule is CC(C)C(C)(C)CNC(=O)c1cc(Br)cn1C. The number of aryl methyl sites for hydroxylation is 1. The third-order valence-electron chi connectivity index (χ3n) is 3.47. The molecule has 0 aromatic carbocycles. The van der Waals surface area contributed by atoms with Crippen molar-refractivity contribution in [2.45, 2.75) is 27.7 Å². The first kappa shape index (κ1) is 14.3. The molecule has 0 atom stereocenters. The minimum absolute atomic E-state index is 0.0214. The van der Waals surface area contributed by atoms with Crippen molar-refractivity contribution in [1.29, 1.82) is 0 Å². The van der Waals surface area contributed by atoms with Crippen LogP contribution in [0, 0.1) is 11.3 Å². The molecule has 0 saturated carbocycles. The zero-order valence-electron chi connectivity index (χ0n) is 11.2. The number of hydrogen-bond acceptors (Lipinski definition) is 1. The first-order chi connectivity index (χ1) is 7.74. The van der Waals surface area contributed by atoms with Crippen LogP contribution < -0.4 is 5.32 Å². The van der Waals surface area contributed by atoms with E-state index < -0.39 is 0 Å².